The van der Waals surface area contributed by atoms with Crippen molar-refractivity contribution in [1.82, 2.24) is 14.8 Å². The van der Waals surface area contributed by atoms with Gasteiger partial charge in [0, 0.05) is 60.9 Å². The van der Waals surface area contributed by atoms with Gasteiger partial charge in [-0.3, -0.25) is 14.6 Å². The van der Waals surface area contributed by atoms with Crippen LogP contribution in [-0.4, -0.2) is 34.9 Å². The molecule has 2 heterocycles. The third-order valence-electron chi connectivity index (χ3n) is 4.25. The Morgan fingerprint density at radius 2 is 1.72 bits per heavy atom. The summed E-state index contributed by atoms with van der Waals surface area (Å²) in [5, 5.41) is 7.20. The van der Waals surface area contributed by atoms with Gasteiger partial charge in [-0.2, -0.15) is 5.10 Å². The molecule has 1 N–H and O–H groups in total. The van der Waals surface area contributed by atoms with Crippen molar-refractivity contribution in [3.05, 3.63) is 65.2 Å². The molecule has 0 fully saturated rings. The van der Waals surface area contributed by atoms with Gasteiger partial charge in [0.2, 0.25) is 5.91 Å². The van der Waals surface area contributed by atoms with Gasteiger partial charge in [0.15, 0.2) is 0 Å². The molecule has 29 heavy (non-hydrogen) atoms. The van der Waals surface area contributed by atoms with E-state index in [-0.39, 0.29) is 17.9 Å². The molecule has 0 aliphatic rings. The number of methoxy groups -OCH3 is 2. The van der Waals surface area contributed by atoms with Crippen molar-refractivity contribution < 1.29 is 14.3 Å². The molecule has 0 spiro atoms. The number of carbonyl (C=O) groups is 1. The summed E-state index contributed by atoms with van der Waals surface area (Å²) in [4.78, 5) is 28.3. The number of hydrogen-bond acceptors (Lipinski definition) is 6. The van der Waals surface area contributed by atoms with Crippen LogP contribution in [0.25, 0.3) is 11.3 Å². The number of anilines is 1. The van der Waals surface area contributed by atoms with Gasteiger partial charge in [0.25, 0.3) is 5.56 Å². The van der Waals surface area contributed by atoms with Crippen molar-refractivity contribution in [3.8, 4) is 22.8 Å². The molecule has 0 saturated carbocycles. The Labute approximate surface area is 168 Å². The van der Waals surface area contributed by atoms with E-state index in [1.54, 1.807) is 50.9 Å². The zero-order valence-electron chi connectivity index (χ0n) is 16.3. The van der Waals surface area contributed by atoms with Crippen LogP contribution in [0.5, 0.6) is 11.5 Å². The first kappa shape index (κ1) is 20.1. The van der Waals surface area contributed by atoms with Crippen molar-refractivity contribution >= 4 is 11.6 Å². The fraction of sp³-hybridized carbons (Fsp3) is 0.238. The van der Waals surface area contributed by atoms with Gasteiger partial charge in [0.1, 0.15) is 11.5 Å². The zero-order chi connectivity index (χ0) is 20.6. The van der Waals surface area contributed by atoms with Crippen LogP contribution in [0.3, 0.4) is 0 Å². The first-order valence-electron chi connectivity index (χ1n) is 9.10. The number of nitrogens with zero attached hydrogens (tertiary/aromatic N) is 3. The van der Waals surface area contributed by atoms with Crippen molar-refractivity contribution in [3.63, 3.8) is 0 Å². The number of pyridine rings is 1. The molecule has 0 atom stereocenters. The van der Waals surface area contributed by atoms with Gasteiger partial charge in [-0.25, -0.2) is 4.68 Å². The number of ether oxygens (including phenoxy) is 2. The second kappa shape index (κ2) is 9.50. The van der Waals surface area contributed by atoms with Gasteiger partial charge in [-0.15, -0.1) is 0 Å². The van der Waals surface area contributed by atoms with Crippen LogP contribution in [0.4, 0.5) is 5.69 Å². The van der Waals surface area contributed by atoms with Crippen LogP contribution in [0, 0.1) is 0 Å². The number of benzene rings is 1. The number of nitrogens with one attached hydrogen (secondary N) is 1. The molecular weight excluding hydrogens is 372 g/mol. The lowest BCUT2D eigenvalue weighted by molar-refractivity contribution is -0.116. The van der Waals surface area contributed by atoms with E-state index in [9.17, 15) is 9.59 Å². The molecule has 0 bridgehead atoms. The molecule has 8 nitrogen and oxygen atoms in total. The number of rotatable bonds is 8. The van der Waals surface area contributed by atoms with E-state index in [4.69, 9.17) is 9.47 Å². The van der Waals surface area contributed by atoms with Gasteiger partial charge >= 0.3 is 0 Å². The van der Waals surface area contributed by atoms with E-state index >= 15 is 0 Å². The second-order valence-electron chi connectivity index (χ2n) is 6.27. The maximum Gasteiger partial charge on any atom is 0.266 e. The summed E-state index contributed by atoms with van der Waals surface area (Å²) < 4.78 is 11.8. The molecule has 1 amide bonds. The van der Waals surface area contributed by atoms with Crippen LogP contribution in [0.2, 0.25) is 0 Å². The molecule has 150 valence electrons. The highest BCUT2D eigenvalue weighted by Crippen LogP contribution is 2.25. The summed E-state index contributed by atoms with van der Waals surface area (Å²) in [7, 11) is 3.09. The number of aryl methyl sites for hydroxylation is 1. The van der Waals surface area contributed by atoms with Crippen molar-refractivity contribution in [1.29, 1.82) is 0 Å². The highest BCUT2D eigenvalue weighted by atomic mass is 16.5. The Morgan fingerprint density at radius 1 is 1.03 bits per heavy atom. The normalized spacial score (nSPS) is 10.4. The van der Waals surface area contributed by atoms with Crippen molar-refractivity contribution in [2.45, 2.75) is 19.4 Å². The quantitative estimate of drug-likeness (QED) is 0.631. The summed E-state index contributed by atoms with van der Waals surface area (Å²) >= 11 is 0. The SMILES string of the molecule is COc1cc(NC(=O)CCCn2nc(-c3ccncc3)ccc2=O)cc(OC)c1. The van der Waals surface area contributed by atoms with Crippen LogP contribution in [0.15, 0.2) is 59.7 Å². The summed E-state index contributed by atoms with van der Waals surface area (Å²) in [6, 6.07) is 12.0. The van der Waals surface area contributed by atoms with Crippen molar-refractivity contribution in [2.24, 2.45) is 0 Å². The first-order chi connectivity index (χ1) is 14.1. The van der Waals surface area contributed by atoms with E-state index in [1.807, 2.05) is 12.1 Å². The summed E-state index contributed by atoms with van der Waals surface area (Å²) in [5.74, 6) is 1.00. The average Bonchev–Trinajstić information content (AvgIpc) is 2.75. The van der Waals surface area contributed by atoms with Crippen molar-refractivity contribution in [2.75, 3.05) is 19.5 Å². The molecule has 0 radical (unpaired) electrons. The maximum absolute atomic E-state index is 12.3. The van der Waals surface area contributed by atoms with Crippen LogP contribution >= 0.6 is 0 Å². The Hall–Kier alpha value is -3.68. The number of aromatic nitrogens is 3. The largest absolute Gasteiger partial charge is 0.497 e. The van der Waals surface area contributed by atoms with Gasteiger partial charge in [-0.1, -0.05) is 0 Å². The van der Waals surface area contributed by atoms with E-state index in [2.05, 4.69) is 15.4 Å². The molecule has 0 aliphatic heterocycles. The van der Waals surface area contributed by atoms with E-state index < -0.39 is 0 Å². The smallest absolute Gasteiger partial charge is 0.266 e. The first-order valence-corrected chi connectivity index (χ1v) is 9.10. The van der Waals surface area contributed by atoms with Gasteiger partial charge in [-0.05, 0) is 24.6 Å². The Balaban J connectivity index is 1.60. The molecular formula is C21H22N4O4. The molecule has 0 saturated heterocycles. The minimum Gasteiger partial charge on any atom is -0.497 e. The Bertz CT molecular complexity index is 1010. The number of carbonyl (C=O) groups excluding carboxylic acids is 1. The highest BCUT2D eigenvalue weighted by Gasteiger charge is 2.08. The van der Waals surface area contributed by atoms with E-state index in [1.165, 1.54) is 10.7 Å². The molecule has 1 aromatic carbocycles. The van der Waals surface area contributed by atoms with Gasteiger partial charge in [0.05, 0.1) is 19.9 Å². The lowest BCUT2D eigenvalue weighted by Crippen LogP contribution is -2.23. The van der Waals surface area contributed by atoms with Crippen LogP contribution in [0.1, 0.15) is 12.8 Å². The zero-order valence-corrected chi connectivity index (χ0v) is 16.3. The molecule has 3 aromatic rings. The molecule has 2 aromatic heterocycles. The predicted octanol–water partition coefficient (Wildman–Crippen LogP) is 2.74. The standard InChI is InChI=1S/C21H22N4O4/c1-28-17-12-16(13-18(14-17)29-2)23-20(26)4-3-11-25-21(27)6-5-19(24-25)15-7-9-22-10-8-15/h5-10,12-14H,3-4,11H2,1-2H3,(H,23,26). The van der Waals surface area contributed by atoms with Gasteiger partial charge < -0.3 is 14.8 Å². The third-order valence-corrected chi connectivity index (χ3v) is 4.25. The van der Waals surface area contributed by atoms with Crippen LogP contribution < -0.4 is 20.3 Å². The monoisotopic (exact) mass is 394 g/mol. The maximum atomic E-state index is 12.3. The molecule has 0 unspecified atom stereocenters. The summed E-state index contributed by atoms with van der Waals surface area (Å²) in [6.45, 7) is 0.340. The minimum atomic E-state index is -0.208. The Kier molecular flexibility index (Phi) is 6.57. The number of hydrogen-bond donors (Lipinski definition) is 1. The van der Waals surface area contributed by atoms with Crippen LogP contribution in [-0.2, 0) is 11.3 Å². The molecule has 8 heteroatoms. The van der Waals surface area contributed by atoms with E-state index in [0.717, 1.165) is 5.56 Å². The lowest BCUT2D eigenvalue weighted by atomic mass is 10.2. The average molecular weight is 394 g/mol. The second-order valence-corrected chi connectivity index (χ2v) is 6.27. The lowest BCUT2D eigenvalue weighted by Gasteiger charge is -2.10. The number of amides is 1. The minimum absolute atomic E-state index is 0.168. The molecule has 3 rings (SSSR count). The molecule has 0 aliphatic carbocycles. The predicted molar refractivity (Wildman–Crippen MR) is 109 cm³/mol. The fourth-order valence-electron chi connectivity index (χ4n) is 2.78. The fourth-order valence-corrected chi connectivity index (χ4v) is 2.78. The third kappa shape index (κ3) is 5.41. The van der Waals surface area contributed by atoms with E-state index in [0.29, 0.717) is 35.8 Å². The Morgan fingerprint density at radius 3 is 2.38 bits per heavy atom. The highest BCUT2D eigenvalue weighted by molar-refractivity contribution is 5.91. The topological polar surface area (TPSA) is 95.3 Å². The summed E-state index contributed by atoms with van der Waals surface area (Å²) in [6.07, 6.45) is 4.06. The summed E-state index contributed by atoms with van der Waals surface area (Å²) in [5.41, 5.74) is 1.93.